The number of carbonyl (C=O) groups excluding carboxylic acids is 1. The van der Waals surface area contributed by atoms with Gasteiger partial charge in [-0.3, -0.25) is 9.78 Å². The van der Waals surface area contributed by atoms with Crippen molar-refractivity contribution in [1.29, 1.82) is 0 Å². The molecule has 2 aromatic rings. The van der Waals surface area contributed by atoms with Crippen LogP contribution >= 0.6 is 0 Å². The van der Waals surface area contributed by atoms with Gasteiger partial charge in [-0.1, -0.05) is 0 Å². The quantitative estimate of drug-likeness (QED) is 0.882. The number of piperidine rings is 1. The number of hydrogen-bond donors (Lipinski definition) is 1. The molecule has 9 heteroatoms. The van der Waals surface area contributed by atoms with Crippen LogP contribution in [0.15, 0.2) is 47.6 Å². The average molecular weight is 381 g/mol. The Labute approximate surface area is 149 Å². The van der Waals surface area contributed by atoms with Crippen LogP contribution in [0.5, 0.6) is 0 Å². The van der Waals surface area contributed by atoms with E-state index in [2.05, 4.69) is 10.3 Å². The lowest BCUT2D eigenvalue weighted by molar-refractivity contribution is -0.120. The Morgan fingerprint density at radius 2 is 1.92 bits per heavy atom. The number of halogens is 2. The minimum absolute atomic E-state index is 0.102. The number of nitrogens with zero attached hydrogens (tertiary/aromatic N) is 2. The molecule has 1 saturated heterocycles. The molecule has 2 heterocycles. The molecule has 1 aliphatic rings. The van der Waals surface area contributed by atoms with Gasteiger partial charge < -0.3 is 5.32 Å². The minimum atomic E-state index is -3.65. The van der Waals surface area contributed by atoms with E-state index in [-0.39, 0.29) is 23.7 Å². The van der Waals surface area contributed by atoms with Crippen LogP contribution in [-0.4, -0.2) is 36.7 Å². The van der Waals surface area contributed by atoms with E-state index in [1.54, 1.807) is 6.07 Å². The van der Waals surface area contributed by atoms with Crippen molar-refractivity contribution in [3.63, 3.8) is 0 Å². The summed E-state index contributed by atoms with van der Waals surface area (Å²) in [7, 11) is -3.65. The summed E-state index contributed by atoms with van der Waals surface area (Å²) < 4.78 is 53.2. The van der Waals surface area contributed by atoms with Gasteiger partial charge in [-0.15, -0.1) is 0 Å². The van der Waals surface area contributed by atoms with Crippen molar-refractivity contribution in [3.05, 3.63) is 54.4 Å². The Kier molecular flexibility index (Phi) is 5.28. The average Bonchev–Trinajstić information content (AvgIpc) is 2.65. The zero-order chi connectivity index (χ0) is 18.7. The second-order valence-corrected chi connectivity index (χ2v) is 7.92. The van der Waals surface area contributed by atoms with Crippen molar-refractivity contribution < 1.29 is 22.0 Å². The lowest BCUT2D eigenvalue weighted by atomic mass is 9.97. The van der Waals surface area contributed by atoms with E-state index in [1.807, 2.05) is 0 Å². The molecule has 0 spiro atoms. The number of benzene rings is 1. The predicted octanol–water partition coefficient (Wildman–Crippen LogP) is 2.40. The fourth-order valence-corrected chi connectivity index (χ4v) is 4.27. The summed E-state index contributed by atoms with van der Waals surface area (Å²) in [5.74, 6) is -2.30. The van der Waals surface area contributed by atoms with Crippen LogP contribution in [0.3, 0.4) is 0 Å². The topological polar surface area (TPSA) is 79.4 Å². The number of nitrogens with one attached hydrogen (secondary N) is 1. The first kappa shape index (κ1) is 18.4. The highest BCUT2D eigenvalue weighted by atomic mass is 32.2. The fraction of sp³-hybridized carbons (Fsp3) is 0.294. The molecular formula is C17H17F2N3O3S. The highest BCUT2D eigenvalue weighted by Crippen LogP contribution is 2.25. The molecule has 0 aliphatic carbocycles. The van der Waals surface area contributed by atoms with E-state index >= 15 is 0 Å². The molecule has 1 aromatic heterocycles. The van der Waals surface area contributed by atoms with Crippen molar-refractivity contribution in [2.45, 2.75) is 17.7 Å². The molecule has 0 bridgehead atoms. The van der Waals surface area contributed by atoms with Gasteiger partial charge in [0.15, 0.2) is 0 Å². The fourth-order valence-electron chi connectivity index (χ4n) is 2.84. The van der Waals surface area contributed by atoms with Crippen LogP contribution in [0.1, 0.15) is 12.8 Å². The highest BCUT2D eigenvalue weighted by Gasteiger charge is 2.32. The van der Waals surface area contributed by atoms with Crippen LogP contribution in [0, 0.1) is 17.6 Å². The van der Waals surface area contributed by atoms with Gasteiger partial charge in [0.2, 0.25) is 15.9 Å². The van der Waals surface area contributed by atoms with Gasteiger partial charge in [-0.05, 0) is 37.1 Å². The molecule has 26 heavy (non-hydrogen) atoms. The number of aromatic nitrogens is 1. The predicted molar refractivity (Wildman–Crippen MR) is 90.7 cm³/mol. The number of amides is 1. The van der Waals surface area contributed by atoms with E-state index in [0.29, 0.717) is 12.8 Å². The Morgan fingerprint density at radius 3 is 2.58 bits per heavy atom. The van der Waals surface area contributed by atoms with E-state index in [4.69, 9.17) is 0 Å². The maximum absolute atomic E-state index is 13.6. The molecule has 0 saturated carbocycles. The third-order valence-electron chi connectivity index (χ3n) is 4.28. The number of carbonyl (C=O) groups is 1. The number of pyridine rings is 1. The molecule has 0 unspecified atom stereocenters. The van der Waals surface area contributed by atoms with Gasteiger partial charge in [-0.25, -0.2) is 17.2 Å². The van der Waals surface area contributed by atoms with Crippen molar-refractivity contribution >= 4 is 21.6 Å². The number of hydrogen-bond acceptors (Lipinski definition) is 4. The molecule has 0 radical (unpaired) electrons. The third kappa shape index (κ3) is 3.88. The van der Waals surface area contributed by atoms with E-state index < -0.39 is 33.5 Å². The normalized spacial score (nSPS) is 16.4. The van der Waals surface area contributed by atoms with E-state index in [1.165, 1.54) is 22.8 Å². The second kappa shape index (κ2) is 7.46. The van der Waals surface area contributed by atoms with Crippen molar-refractivity contribution in [3.8, 4) is 0 Å². The summed E-state index contributed by atoms with van der Waals surface area (Å²) in [6.07, 6.45) is 3.35. The van der Waals surface area contributed by atoms with E-state index in [9.17, 15) is 22.0 Å². The van der Waals surface area contributed by atoms with Gasteiger partial charge in [0.05, 0.1) is 5.69 Å². The zero-order valence-corrected chi connectivity index (χ0v) is 14.5. The molecule has 6 nitrogen and oxygen atoms in total. The molecule has 1 fully saturated rings. The van der Waals surface area contributed by atoms with Crippen LogP contribution in [-0.2, 0) is 14.8 Å². The number of rotatable bonds is 4. The minimum Gasteiger partial charge on any atom is -0.323 e. The molecule has 3 rings (SSSR count). The first-order valence-corrected chi connectivity index (χ1v) is 9.48. The van der Waals surface area contributed by atoms with Gasteiger partial charge in [-0.2, -0.15) is 4.31 Å². The Balaban J connectivity index is 1.63. The Hall–Kier alpha value is -2.39. The molecule has 1 aliphatic heterocycles. The first-order chi connectivity index (χ1) is 12.4. The van der Waals surface area contributed by atoms with Crippen molar-refractivity contribution in [1.82, 2.24) is 9.29 Å². The summed E-state index contributed by atoms with van der Waals surface area (Å²) in [5, 5.41) is 2.37. The molecule has 138 valence electrons. The molecular weight excluding hydrogens is 364 g/mol. The van der Waals surface area contributed by atoms with Gasteiger partial charge in [0.25, 0.3) is 0 Å². The molecule has 1 amide bonds. The maximum Gasteiger partial charge on any atom is 0.244 e. The molecule has 0 atom stereocenters. The van der Waals surface area contributed by atoms with Crippen LogP contribution < -0.4 is 5.32 Å². The summed E-state index contributed by atoms with van der Waals surface area (Å²) in [6.45, 7) is 0.335. The van der Waals surface area contributed by atoms with Gasteiger partial charge in [0.1, 0.15) is 16.5 Å². The summed E-state index contributed by atoms with van der Waals surface area (Å²) in [4.78, 5) is 16.2. The smallest absolute Gasteiger partial charge is 0.244 e. The van der Waals surface area contributed by atoms with Gasteiger partial charge in [0, 0.05) is 37.5 Å². The number of sulfonamides is 1. The standard InChI is InChI=1S/C17H17F2N3O3S/c18-13-3-4-15(19)16(10-13)21-17(23)12-5-8-22(9-6-12)26(24,25)14-2-1-7-20-11-14/h1-4,7,10-12H,5-6,8-9H2,(H,21,23). The largest absolute Gasteiger partial charge is 0.323 e. The zero-order valence-electron chi connectivity index (χ0n) is 13.7. The van der Waals surface area contributed by atoms with Crippen LogP contribution in [0.4, 0.5) is 14.5 Å². The lowest BCUT2D eigenvalue weighted by Crippen LogP contribution is -2.41. The van der Waals surface area contributed by atoms with Crippen LogP contribution in [0.25, 0.3) is 0 Å². The molecule has 1 N–H and O–H groups in total. The first-order valence-electron chi connectivity index (χ1n) is 8.04. The van der Waals surface area contributed by atoms with Crippen molar-refractivity contribution in [2.24, 2.45) is 5.92 Å². The highest BCUT2D eigenvalue weighted by molar-refractivity contribution is 7.89. The monoisotopic (exact) mass is 381 g/mol. The summed E-state index contributed by atoms with van der Waals surface area (Å²) in [6, 6.07) is 5.82. The van der Waals surface area contributed by atoms with Crippen LogP contribution in [0.2, 0.25) is 0 Å². The summed E-state index contributed by atoms with van der Waals surface area (Å²) >= 11 is 0. The summed E-state index contributed by atoms with van der Waals surface area (Å²) in [5.41, 5.74) is -0.222. The Bertz CT molecular complexity index is 899. The second-order valence-electron chi connectivity index (χ2n) is 5.98. The number of anilines is 1. The SMILES string of the molecule is O=C(Nc1cc(F)ccc1F)C1CCN(S(=O)(=O)c2cccnc2)CC1. The third-order valence-corrected chi connectivity index (χ3v) is 6.17. The molecule has 1 aromatic carbocycles. The maximum atomic E-state index is 13.6. The Morgan fingerprint density at radius 1 is 1.19 bits per heavy atom. The lowest BCUT2D eigenvalue weighted by Gasteiger charge is -2.30. The van der Waals surface area contributed by atoms with E-state index in [0.717, 1.165) is 18.2 Å². The van der Waals surface area contributed by atoms with Crippen molar-refractivity contribution in [2.75, 3.05) is 18.4 Å². The van der Waals surface area contributed by atoms with Gasteiger partial charge >= 0.3 is 0 Å².